The number of benzene rings is 1. The zero-order chi connectivity index (χ0) is 20.4. The summed E-state index contributed by atoms with van der Waals surface area (Å²) in [6, 6.07) is 9.76. The second-order valence-electron chi connectivity index (χ2n) is 6.66. The third kappa shape index (κ3) is 4.69. The van der Waals surface area contributed by atoms with Gasteiger partial charge in [-0.1, -0.05) is 30.1 Å². The molecule has 0 spiro atoms. The minimum atomic E-state index is 0.429. The maximum absolute atomic E-state index is 6.38. The van der Waals surface area contributed by atoms with Gasteiger partial charge in [0.05, 0.1) is 4.34 Å². The molecule has 0 atom stereocenters. The van der Waals surface area contributed by atoms with Gasteiger partial charge in [0.15, 0.2) is 0 Å². The Labute approximate surface area is 187 Å². The van der Waals surface area contributed by atoms with Gasteiger partial charge in [-0.15, -0.1) is 22.7 Å². The number of rotatable bonds is 7. The summed E-state index contributed by atoms with van der Waals surface area (Å²) in [7, 11) is 0. The molecule has 0 unspecified atom stereocenters. The van der Waals surface area contributed by atoms with Crippen LogP contribution < -0.4 is 9.47 Å². The van der Waals surface area contributed by atoms with Crippen LogP contribution in [0.4, 0.5) is 0 Å². The first-order valence-electron chi connectivity index (χ1n) is 9.18. The average Bonchev–Trinajstić information content (AvgIpc) is 3.32. The number of aryl methyl sites for hydroxylation is 2. The molecule has 0 N–H and O–H groups in total. The number of aromatic nitrogens is 1. The van der Waals surface area contributed by atoms with Crippen molar-refractivity contribution in [2.45, 2.75) is 33.5 Å². The van der Waals surface area contributed by atoms with Crippen LogP contribution in [0.5, 0.6) is 11.5 Å². The lowest BCUT2D eigenvalue weighted by molar-refractivity contribution is 0.292. The zero-order valence-corrected chi connectivity index (χ0v) is 19.1. The maximum atomic E-state index is 6.38. The van der Waals surface area contributed by atoms with Crippen LogP contribution >= 0.6 is 45.9 Å². The highest BCUT2D eigenvalue weighted by molar-refractivity contribution is 7.17. The highest BCUT2D eigenvalue weighted by atomic mass is 35.5. The first kappa shape index (κ1) is 20.5. The summed E-state index contributed by atoms with van der Waals surface area (Å²) in [6.45, 7) is 5.06. The Morgan fingerprint density at radius 2 is 1.76 bits per heavy atom. The smallest absolute Gasteiger partial charge is 0.138 e. The number of fused-ring (bicyclic) bond motifs is 1. The molecule has 0 saturated carbocycles. The van der Waals surface area contributed by atoms with Crippen LogP contribution in [0.25, 0.3) is 10.1 Å². The fourth-order valence-electron chi connectivity index (χ4n) is 3.10. The summed E-state index contributed by atoms with van der Waals surface area (Å²) in [5.41, 5.74) is 3.33. The molecule has 3 heterocycles. The van der Waals surface area contributed by atoms with Gasteiger partial charge >= 0.3 is 0 Å². The Bertz CT molecular complexity index is 1150. The van der Waals surface area contributed by atoms with Crippen molar-refractivity contribution >= 4 is 56.0 Å². The van der Waals surface area contributed by atoms with Gasteiger partial charge in [-0.05, 0) is 54.1 Å². The number of ether oxygens (including phenoxy) is 2. The molecule has 0 saturated heterocycles. The standard InChI is InChI=1S/C22H19Cl2NO2S2/c1-3-14-9-25-22(24)20-15(12-28-21(14)20)10-26-16-6-13(2)7-17(8-16)27-11-18-4-5-19(23)29-18/h4-9,12H,3,10-11H2,1-2H3. The van der Waals surface area contributed by atoms with Crippen LogP contribution in [0.2, 0.25) is 9.49 Å². The first-order chi connectivity index (χ1) is 14.0. The summed E-state index contributed by atoms with van der Waals surface area (Å²) in [4.78, 5) is 5.42. The molecule has 0 fully saturated rings. The van der Waals surface area contributed by atoms with E-state index in [1.165, 1.54) is 21.6 Å². The molecule has 0 aliphatic carbocycles. The number of nitrogens with zero attached hydrogens (tertiary/aromatic N) is 1. The minimum Gasteiger partial charge on any atom is -0.489 e. The van der Waals surface area contributed by atoms with Crippen molar-refractivity contribution in [3.8, 4) is 11.5 Å². The predicted octanol–water partition coefficient (Wildman–Crippen LogP) is 7.69. The van der Waals surface area contributed by atoms with Gasteiger partial charge in [0.1, 0.15) is 29.9 Å². The van der Waals surface area contributed by atoms with E-state index in [0.29, 0.717) is 18.4 Å². The molecule has 0 radical (unpaired) electrons. The van der Waals surface area contributed by atoms with E-state index in [4.69, 9.17) is 32.7 Å². The van der Waals surface area contributed by atoms with E-state index in [-0.39, 0.29) is 0 Å². The number of halogens is 2. The van der Waals surface area contributed by atoms with Gasteiger partial charge in [-0.25, -0.2) is 4.98 Å². The SMILES string of the molecule is CCc1cnc(Cl)c2c(COc3cc(C)cc(OCc4ccc(Cl)s4)c3)csc12. The van der Waals surface area contributed by atoms with E-state index in [1.54, 1.807) is 11.3 Å². The number of hydrogen-bond donors (Lipinski definition) is 0. The Hall–Kier alpha value is -1.79. The van der Waals surface area contributed by atoms with Crippen LogP contribution in [-0.2, 0) is 19.6 Å². The summed E-state index contributed by atoms with van der Waals surface area (Å²) in [6.07, 6.45) is 2.78. The normalized spacial score (nSPS) is 11.2. The topological polar surface area (TPSA) is 31.4 Å². The third-order valence-electron chi connectivity index (χ3n) is 4.51. The molecule has 4 aromatic rings. The Kier molecular flexibility index (Phi) is 6.30. The van der Waals surface area contributed by atoms with E-state index in [9.17, 15) is 0 Å². The highest BCUT2D eigenvalue weighted by Gasteiger charge is 2.13. The molecule has 0 amide bonds. The quantitative estimate of drug-likeness (QED) is 0.263. The van der Waals surface area contributed by atoms with E-state index >= 15 is 0 Å². The van der Waals surface area contributed by atoms with Gasteiger partial charge in [-0.2, -0.15) is 0 Å². The summed E-state index contributed by atoms with van der Waals surface area (Å²) < 4.78 is 14.0. The average molecular weight is 464 g/mol. The lowest BCUT2D eigenvalue weighted by atomic mass is 10.1. The molecule has 1 aromatic carbocycles. The Balaban J connectivity index is 1.50. The molecule has 0 aliphatic heterocycles. The lowest BCUT2D eigenvalue weighted by Crippen LogP contribution is -1.98. The van der Waals surface area contributed by atoms with Gasteiger partial charge in [0, 0.05) is 32.8 Å². The Morgan fingerprint density at radius 3 is 2.45 bits per heavy atom. The lowest BCUT2D eigenvalue weighted by Gasteiger charge is -2.11. The molecule has 7 heteroatoms. The molecule has 0 bridgehead atoms. The Morgan fingerprint density at radius 1 is 1.00 bits per heavy atom. The maximum Gasteiger partial charge on any atom is 0.138 e. The molecular formula is C22H19Cl2NO2S2. The van der Waals surface area contributed by atoms with Crippen molar-refractivity contribution in [3.63, 3.8) is 0 Å². The van der Waals surface area contributed by atoms with Gasteiger partial charge in [0.25, 0.3) is 0 Å². The van der Waals surface area contributed by atoms with Crippen molar-refractivity contribution in [3.05, 3.63) is 73.0 Å². The molecule has 3 aromatic heterocycles. The largest absolute Gasteiger partial charge is 0.489 e. The van der Waals surface area contributed by atoms with Crippen LogP contribution in [0.1, 0.15) is 28.5 Å². The molecule has 4 rings (SSSR count). The van der Waals surface area contributed by atoms with E-state index in [2.05, 4.69) is 17.3 Å². The fraction of sp³-hybridized carbons (Fsp3) is 0.227. The van der Waals surface area contributed by atoms with Gasteiger partial charge in [0.2, 0.25) is 0 Å². The highest BCUT2D eigenvalue weighted by Crippen LogP contribution is 2.34. The monoisotopic (exact) mass is 463 g/mol. The fourth-order valence-corrected chi connectivity index (χ4v) is 5.56. The summed E-state index contributed by atoms with van der Waals surface area (Å²) in [5, 5.41) is 3.63. The summed E-state index contributed by atoms with van der Waals surface area (Å²) >= 11 is 15.6. The number of hydrogen-bond acceptors (Lipinski definition) is 5. The molecule has 29 heavy (non-hydrogen) atoms. The van der Waals surface area contributed by atoms with Crippen LogP contribution in [0.15, 0.2) is 41.9 Å². The second kappa shape index (κ2) is 8.92. The molecule has 150 valence electrons. The van der Waals surface area contributed by atoms with E-state index < -0.39 is 0 Å². The van der Waals surface area contributed by atoms with Gasteiger partial charge < -0.3 is 9.47 Å². The van der Waals surface area contributed by atoms with Crippen LogP contribution in [0, 0.1) is 6.92 Å². The van der Waals surface area contributed by atoms with Gasteiger partial charge in [-0.3, -0.25) is 0 Å². The van der Waals surface area contributed by atoms with Crippen LogP contribution in [-0.4, -0.2) is 4.98 Å². The predicted molar refractivity (Wildman–Crippen MR) is 123 cm³/mol. The molecule has 0 aliphatic rings. The summed E-state index contributed by atoms with van der Waals surface area (Å²) in [5.74, 6) is 1.53. The van der Waals surface area contributed by atoms with E-state index in [0.717, 1.165) is 43.6 Å². The number of thiophene rings is 2. The van der Waals surface area contributed by atoms with Crippen LogP contribution in [0.3, 0.4) is 0 Å². The van der Waals surface area contributed by atoms with E-state index in [1.807, 2.05) is 43.5 Å². The zero-order valence-electron chi connectivity index (χ0n) is 16.0. The molecule has 3 nitrogen and oxygen atoms in total. The minimum absolute atomic E-state index is 0.429. The van der Waals surface area contributed by atoms with Crippen molar-refractivity contribution in [1.29, 1.82) is 0 Å². The number of pyridine rings is 1. The second-order valence-corrected chi connectivity index (χ2v) is 9.70. The first-order valence-corrected chi connectivity index (χ1v) is 11.6. The van der Waals surface area contributed by atoms with Crippen molar-refractivity contribution in [1.82, 2.24) is 4.98 Å². The molecular weight excluding hydrogens is 445 g/mol. The van der Waals surface area contributed by atoms with Crippen molar-refractivity contribution < 1.29 is 9.47 Å². The van der Waals surface area contributed by atoms with Crippen molar-refractivity contribution in [2.75, 3.05) is 0 Å². The third-order valence-corrected chi connectivity index (χ3v) is 7.10. The van der Waals surface area contributed by atoms with Crippen molar-refractivity contribution in [2.24, 2.45) is 0 Å².